The number of nitrogens with zero attached hydrogens (tertiary/aromatic N) is 1. The minimum Gasteiger partial charge on any atom is -0.365 e. The van der Waals surface area contributed by atoms with Gasteiger partial charge in [0.2, 0.25) is 15.5 Å². The van der Waals surface area contributed by atoms with Crippen LogP contribution in [0.4, 0.5) is 0 Å². The highest BCUT2D eigenvalue weighted by Gasteiger charge is 2.28. The lowest BCUT2D eigenvalue weighted by Crippen LogP contribution is -2.35. The average Bonchev–Trinajstić information content (AvgIpc) is 2.61. The fourth-order valence-corrected chi connectivity index (χ4v) is 4.11. The van der Waals surface area contributed by atoms with E-state index in [0.717, 1.165) is 25.7 Å². The molecular weight excluding hydrogens is 320 g/mol. The number of hydrogen-bond donors (Lipinski definition) is 1. The third-order valence-corrected chi connectivity index (χ3v) is 5.54. The number of hydrogen-bond acceptors (Lipinski definition) is 3. The molecule has 0 amide bonds. The van der Waals surface area contributed by atoms with Gasteiger partial charge in [-0.05, 0) is 28.8 Å². The van der Waals surface area contributed by atoms with Crippen LogP contribution in [0.3, 0.4) is 0 Å². The largest absolute Gasteiger partial charge is 0.365 e. The zero-order valence-corrected chi connectivity index (χ0v) is 12.3. The summed E-state index contributed by atoms with van der Waals surface area (Å²) < 4.78 is 26.4. The van der Waals surface area contributed by atoms with Gasteiger partial charge in [0.1, 0.15) is 4.90 Å². The van der Waals surface area contributed by atoms with Gasteiger partial charge in [-0.25, -0.2) is 8.42 Å². The van der Waals surface area contributed by atoms with Crippen LogP contribution in [0.5, 0.6) is 0 Å². The SMILES string of the molecule is O=c1c(Br)c[nH]cc1S(=O)(=O)N1CCCCCC1. The summed E-state index contributed by atoms with van der Waals surface area (Å²) in [5.41, 5.74) is -0.488. The Labute approximate surface area is 114 Å². The van der Waals surface area contributed by atoms with E-state index in [2.05, 4.69) is 20.9 Å². The van der Waals surface area contributed by atoms with E-state index < -0.39 is 15.5 Å². The van der Waals surface area contributed by atoms with Crippen LogP contribution in [0.1, 0.15) is 25.7 Å². The molecule has 1 aromatic heterocycles. The number of aromatic nitrogens is 1. The molecule has 0 atom stereocenters. The summed E-state index contributed by atoms with van der Waals surface area (Å²) in [6.07, 6.45) is 6.48. The quantitative estimate of drug-likeness (QED) is 0.894. The number of H-pyrrole nitrogens is 1. The molecule has 0 bridgehead atoms. The second-order valence-corrected chi connectivity index (χ2v) is 7.08. The second-order valence-electron chi connectivity index (χ2n) is 4.31. The van der Waals surface area contributed by atoms with Crippen molar-refractivity contribution in [1.29, 1.82) is 0 Å². The molecule has 0 spiro atoms. The molecule has 0 saturated carbocycles. The van der Waals surface area contributed by atoms with Gasteiger partial charge in [-0.2, -0.15) is 4.31 Å². The summed E-state index contributed by atoms with van der Waals surface area (Å²) in [5, 5.41) is 0. The molecule has 1 N–H and O–H groups in total. The summed E-state index contributed by atoms with van der Waals surface area (Å²) >= 11 is 3.05. The van der Waals surface area contributed by atoms with E-state index in [-0.39, 0.29) is 9.37 Å². The first kappa shape index (κ1) is 13.8. The monoisotopic (exact) mass is 334 g/mol. The van der Waals surface area contributed by atoms with Crippen molar-refractivity contribution in [2.24, 2.45) is 0 Å². The van der Waals surface area contributed by atoms with Gasteiger partial charge in [-0.15, -0.1) is 0 Å². The van der Waals surface area contributed by atoms with Gasteiger partial charge in [-0.3, -0.25) is 4.79 Å². The van der Waals surface area contributed by atoms with E-state index in [0.29, 0.717) is 13.1 Å². The van der Waals surface area contributed by atoms with Crippen LogP contribution < -0.4 is 5.43 Å². The molecular formula is C11H15BrN2O3S. The summed E-state index contributed by atoms with van der Waals surface area (Å²) in [6.45, 7) is 0.989. The fraction of sp³-hybridized carbons (Fsp3) is 0.545. The first-order valence-corrected chi connectivity index (χ1v) is 8.13. The Morgan fingerprint density at radius 1 is 1.11 bits per heavy atom. The van der Waals surface area contributed by atoms with Gasteiger partial charge in [-0.1, -0.05) is 12.8 Å². The number of halogens is 1. The van der Waals surface area contributed by atoms with Gasteiger partial charge in [0.15, 0.2) is 0 Å². The molecule has 2 rings (SSSR count). The van der Waals surface area contributed by atoms with Crippen molar-refractivity contribution in [3.8, 4) is 0 Å². The van der Waals surface area contributed by atoms with Gasteiger partial charge < -0.3 is 4.98 Å². The van der Waals surface area contributed by atoms with Crippen molar-refractivity contribution < 1.29 is 8.42 Å². The Morgan fingerprint density at radius 2 is 1.72 bits per heavy atom. The first-order valence-electron chi connectivity index (χ1n) is 5.90. The molecule has 2 heterocycles. The van der Waals surface area contributed by atoms with Crippen LogP contribution in [0.25, 0.3) is 0 Å². The average molecular weight is 335 g/mol. The Kier molecular flexibility index (Phi) is 4.24. The topological polar surface area (TPSA) is 70.2 Å². The van der Waals surface area contributed by atoms with Crippen molar-refractivity contribution in [3.63, 3.8) is 0 Å². The maximum Gasteiger partial charge on any atom is 0.248 e. The van der Waals surface area contributed by atoms with Gasteiger partial charge >= 0.3 is 0 Å². The summed E-state index contributed by atoms with van der Waals surface area (Å²) in [4.78, 5) is 14.4. The standard InChI is InChI=1S/C11H15BrN2O3S/c12-9-7-13-8-10(11(9)15)18(16,17)14-5-3-1-2-4-6-14/h7-8H,1-6H2,(H,13,15). The molecule has 7 heteroatoms. The maximum absolute atomic E-state index is 12.4. The molecule has 0 radical (unpaired) electrons. The summed E-state index contributed by atoms with van der Waals surface area (Å²) in [7, 11) is -3.68. The second kappa shape index (κ2) is 5.54. The third kappa shape index (κ3) is 2.67. The number of nitrogens with one attached hydrogen (secondary N) is 1. The fourth-order valence-electron chi connectivity index (χ4n) is 2.05. The van der Waals surface area contributed by atoms with Crippen molar-refractivity contribution in [3.05, 3.63) is 27.1 Å². The van der Waals surface area contributed by atoms with E-state index in [9.17, 15) is 13.2 Å². The summed E-state index contributed by atoms with van der Waals surface area (Å²) in [5.74, 6) is 0. The number of pyridine rings is 1. The lowest BCUT2D eigenvalue weighted by atomic mass is 10.2. The molecule has 1 aliphatic rings. The molecule has 1 saturated heterocycles. The van der Waals surface area contributed by atoms with Crippen molar-refractivity contribution in [2.45, 2.75) is 30.6 Å². The molecule has 1 aromatic rings. The number of aromatic amines is 1. The molecule has 0 aromatic carbocycles. The highest BCUT2D eigenvalue weighted by Crippen LogP contribution is 2.18. The van der Waals surface area contributed by atoms with E-state index in [1.54, 1.807) is 0 Å². The van der Waals surface area contributed by atoms with E-state index in [1.165, 1.54) is 16.7 Å². The number of rotatable bonds is 2. The van der Waals surface area contributed by atoms with Gasteiger partial charge in [0.05, 0.1) is 4.47 Å². The van der Waals surface area contributed by atoms with Gasteiger partial charge in [0.25, 0.3) is 0 Å². The van der Waals surface area contributed by atoms with Gasteiger partial charge in [0, 0.05) is 25.5 Å². The third-order valence-electron chi connectivity index (χ3n) is 3.05. The molecule has 0 aliphatic carbocycles. The van der Waals surface area contributed by atoms with Crippen molar-refractivity contribution in [2.75, 3.05) is 13.1 Å². The van der Waals surface area contributed by atoms with Crippen molar-refractivity contribution in [1.82, 2.24) is 9.29 Å². The molecule has 0 unspecified atom stereocenters. The first-order chi connectivity index (χ1) is 8.53. The summed E-state index contributed by atoms with van der Waals surface area (Å²) in [6, 6.07) is 0. The lowest BCUT2D eigenvalue weighted by molar-refractivity contribution is 0.423. The van der Waals surface area contributed by atoms with E-state index in [1.807, 2.05) is 0 Å². The van der Waals surface area contributed by atoms with Crippen molar-refractivity contribution >= 4 is 26.0 Å². The molecule has 1 aliphatic heterocycles. The highest BCUT2D eigenvalue weighted by atomic mass is 79.9. The Hall–Kier alpha value is -0.660. The Bertz CT molecular complexity index is 574. The lowest BCUT2D eigenvalue weighted by Gasteiger charge is -2.19. The van der Waals surface area contributed by atoms with E-state index in [4.69, 9.17) is 0 Å². The molecule has 5 nitrogen and oxygen atoms in total. The molecule has 1 fully saturated rings. The zero-order chi connectivity index (χ0) is 13.2. The Morgan fingerprint density at radius 3 is 2.33 bits per heavy atom. The van der Waals surface area contributed by atoms with Crippen LogP contribution in [-0.4, -0.2) is 30.8 Å². The van der Waals surface area contributed by atoms with Crippen LogP contribution in [0, 0.1) is 0 Å². The minimum atomic E-state index is -3.68. The predicted molar refractivity (Wildman–Crippen MR) is 72.0 cm³/mol. The normalized spacial score (nSPS) is 18.5. The van der Waals surface area contributed by atoms with Crippen LogP contribution in [0.15, 0.2) is 26.6 Å². The molecule has 100 valence electrons. The Balaban J connectivity index is 2.41. The smallest absolute Gasteiger partial charge is 0.248 e. The number of sulfonamides is 1. The van der Waals surface area contributed by atoms with Crippen LogP contribution in [-0.2, 0) is 10.0 Å². The highest BCUT2D eigenvalue weighted by molar-refractivity contribution is 9.10. The molecule has 18 heavy (non-hydrogen) atoms. The zero-order valence-electron chi connectivity index (χ0n) is 9.86. The van der Waals surface area contributed by atoms with Crippen LogP contribution in [0.2, 0.25) is 0 Å². The predicted octanol–water partition coefficient (Wildman–Crippen LogP) is 1.70. The maximum atomic E-state index is 12.4. The van der Waals surface area contributed by atoms with E-state index >= 15 is 0 Å². The minimum absolute atomic E-state index is 0.182. The van der Waals surface area contributed by atoms with Crippen LogP contribution >= 0.6 is 15.9 Å².